The van der Waals surface area contributed by atoms with E-state index in [9.17, 15) is 9.70 Å². The number of benzene rings is 3. The van der Waals surface area contributed by atoms with Crippen LogP contribution in [0, 0.1) is 11.8 Å². The topological polar surface area (TPSA) is 73.0 Å². The average Bonchev–Trinajstić information content (AvgIpc) is 3.33. The summed E-state index contributed by atoms with van der Waals surface area (Å²) in [7, 11) is 0. The Balaban J connectivity index is 1.49. The molecule has 1 aromatic heterocycles. The maximum Gasteiger partial charge on any atom is 0.165 e. The maximum atomic E-state index is 13.6. The molecule has 0 spiro atoms. The first-order valence-corrected chi connectivity index (χ1v) is 13.9. The zero-order valence-corrected chi connectivity index (χ0v) is 23.5. The maximum absolute atomic E-state index is 13.6. The summed E-state index contributed by atoms with van der Waals surface area (Å²) >= 11 is 0. The monoisotopic (exact) mass is 535 g/mol. The van der Waals surface area contributed by atoms with E-state index in [2.05, 4.69) is 46.9 Å². The van der Waals surface area contributed by atoms with Crippen LogP contribution in [0.2, 0.25) is 0 Å². The lowest BCUT2D eigenvalue weighted by molar-refractivity contribution is 0.0981. The Morgan fingerprint density at radius 1 is 0.925 bits per heavy atom. The van der Waals surface area contributed by atoms with Gasteiger partial charge in [0.2, 0.25) is 0 Å². The second-order valence-corrected chi connectivity index (χ2v) is 10.4. The molecule has 0 bridgehead atoms. The highest BCUT2D eigenvalue weighted by Gasteiger charge is 2.22. The summed E-state index contributed by atoms with van der Waals surface area (Å²) in [5.74, 6) is 1.02. The van der Waals surface area contributed by atoms with Gasteiger partial charge in [-0.15, -0.1) is 4.91 Å². The Morgan fingerprint density at radius 3 is 2.40 bits per heavy atom. The number of hydrogen-bond donors (Lipinski definition) is 0. The number of nitrogens with zero attached hydrogens (tertiary/aromatic N) is 3. The van der Waals surface area contributed by atoms with Crippen LogP contribution < -0.4 is 4.84 Å². The van der Waals surface area contributed by atoms with E-state index in [1.54, 1.807) is 18.2 Å². The van der Waals surface area contributed by atoms with Crippen LogP contribution in [0.1, 0.15) is 77.5 Å². The van der Waals surface area contributed by atoms with Crippen molar-refractivity contribution in [1.29, 1.82) is 0 Å². The number of nitroso groups, excluding NO2 is 1. The lowest BCUT2D eigenvalue weighted by Gasteiger charge is -2.17. The molecule has 0 atom stereocenters. The first kappa shape index (κ1) is 28.7. The van der Waals surface area contributed by atoms with Gasteiger partial charge in [-0.25, -0.2) is 0 Å². The molecule has 206 valence electrons. The first-order valence-electron chi connectivity index (χ1n) is 13.9. The highest BCUT2D eigenvalue weighted by atomic mass is 16.6. The Morgan fingerprint density at radius 2 is 1.68 bits per heavy atom. The van der Waals surface area contributed by atoms with Crippen molar-refractivity contribution in [1.82, 2.24) is 4.57 Å². The molecule has 0 saturated heterocycles. The number of carbonyl (C=O) groups is 1. The summed E-state index contributed by atoms with van der Waals surface area (Å²) in [4.78, 5) is 29.9. The molecule has 1 heterocycles. The van der Waals surface area contributed by atoms with Crippen LogP contribution >= 0.6 is 0 Å². The van der Waals surface area contributed by atoms with Gasteiger partial charge in [-0.3, -0.25) is 4.79 Å². The van der Waals surface area contributed by atoms with Crippen LogP contribution in [0.4, 0.5) is 5.69 Å². The minimum absolute atomic E-state index is 0.120. The van der Waals surface area contributed by atoms with Gasteiger partial charge >= 0.3 is 0 Å². The van der Waals surface area contributed by atoms with E-state index in [1.807, 2.05) is 61.7 Å². The fourth-order valence-corrected chi connectivity index (χ4v) is 4.91. The van der Waals surface area contributed by atoms with E-state index in [0.717, 1.165) is 47.5 Å². The number of oxime groups is 1. The molecule has 0 radical (unpaired) electrons. The van der Waals surface area contributed by atoms with Crippen LogP contribution in [-0.4, -0.2) is 16.6 Å². The molecule has 4 aromatic rings. The first-order chi connectivity index (χ1) is 19.4. The largest absolute Gasteiger partial charge is 0.357 e. The molecule has 3 aromatic carbocycles. The summed E-state index contributed by atoms with van der Waals surface area (Å²) in [5.41, 5.74) is 6.72. The molecule has 0 aliphatic rings. The number of aromatic nitrogens is 1. The summed E-state index contributed by atoms with van der Waals surface area (Å²) < 4.78 is 2.32. The van der Waals surface area contributed by atoms with Crippen molar-refractivity contribution in [2.75, 3.05) is 0 Å². The minimum Gasteiger partial charge on any atom is -0.357 e. The molecule has 0 unspecified atom stereocenters. The van der Waals surface area contributed by atoms with Gasteiger partial charge < -0.3 is 9.40 Å². The Bertz CT molecular complexity index is 1440. The normalized spacial score (nSPS) is 11.3. The summed E-state index contributed by atoms with van der Waals surface area (Å²) in [6.45, 7) is 7.04. The fraction of sp³-hybridized carbons (Fsp3) is 0.294. The molecule has 6 nitrogen and oxygen atoms in total. The second-order valence-electron chi connectivity index (χ2n) is 10.4. The van der Waals surface area contributed by atoms with Crippen LogP contribution in [0.15, 0.2) is 95.3 Å². The molecule has 0 amide bonds. The quantitative estimate of drug-likeness (QED) is 0.0534. The Kier molecular flexibility index (Phi) is 10.2. The number of Topliss-reactive ketones (excluding diaryl/α,β-unsaturated/α-hetero) is 1. The molecular formula is C34H37N3O3. The predicted molar refractivity (Wildman–Crippen MR) is 162 cm³/mol. The molecule has 0 fully saturated rings. The van der Waals surface area contributed by atoms with E-state index >= 15 is 0 Å². The number of ketones is 1. The molecule has 4 rings (SSSR count). The molecule has 0 aliphatic heterocycles. The lowest BCUT2D eigenvalue weighted by Crippen LogP contribution is -2.12. The van der Waals surface area contributed by atoms with E-state index in [1.165, 1.54) is 11.1 Å². The van der Waals surface area contributed by atoms with Crippen molar-refractivity contribution in [3.63, 3.8) is 0 Å². The molecule has 40 heavy (non-hydrogen) atoms. The zero-order valence-electron chi connectivity index (χ0n) is 23.5. The highest BCUT2D eigenvalue weighted by molar-refractivity contribution is 5.98. The average molecular weight is 536 g/mol. The fourth-order valence-electron chi connectivity index (χ4n) is 4.91. The van der Waals surface area contributed by atoms with Gasteiger partial charge in [0, 0.05) is 36.1 Å². The standard InChI is InChI=1S/C34H37N3O3/c1-25(2)34-32(33(38)20-17-27-12-9-13-29(22-27)36-39)23-30(37(34)24-28-10-5-4-6-11-28)14-7-8-21-35-40-31-18-15-26(3)16-19-31/h4-6,9-13,15-16,18-19,21-23,25H,7-8,14,17,20,24H2,1-3H3/b35-21+. The summed E-state index contributed by atoms with van der Waals surface area (Å²) in [6, 6.07) is 27.4. The van der Waals surface area contributed by atoms with Gasteiger partial charge in [-0.05, 0) is 85.2 Å². The zero-order chi connectivity index (χ0) is 28.3. The summed E-state index contributed by atoms with van der Waals surface area (Å²) in [6.07, 6.45) is 5.22. The van der Waals surface area contributed by atoms with Gasteiger partial charge in [0.05, 0.1) is 0 Å². The SMILES string of the molecule is Cc1ccc(O/N=C/CCCc2cc(C(=O)CCc3cccc(N=O)c3)c(C(C)C)n2Cc2ccccc2)cc1. The molecule has 6 heteroatoms. The number of carbonyl (C=O) groups excluding carboxylic acids is 1. The van der Waals surface area contributed by atoms with E-state index in [4.69, 9.17) is 4.84 Å². The van der Waals surface area contributed by atoms with Gasteiger partial charge in [-0.1, -0.05) is 79.2 Å². The number of hydrogen-bond acceptors (Lipinski definition) is 5. The third-order valence-corrected chi connectivity index (χ3v) is 6.93. The van der Waals surface area contributed by atoms with Gasteiger partial charge in [-0.2, -0.15) is 0 Å². The Hall–Kier alpha value is -4.32. The van der Waals surface area contributed by atoms with Crippen LogP contribution in [-0.2, 0) is 19.4 Å². The number of unbranched alkanes of at least 4 members (excludes halogenated alkanes) is 1. The molecule has 0 aliphatic carbocycles. The summed E-state index contributed by atoms with van der Waals surface area (Å²) in [5, 5.41) is 7.14. The number of rotatable bonds is 14. The van der Waals surface area contributed by atoms with Gasteiger partial charge in [0.15, 0.2) is 11.5 Å². The van der Waals surface area contributed by atoms with Crippen molar-refractivity contribution < 1.29 is 9.63 Å². The molecular weight excluding hydrogens is 498 g/mol. The van der Waals surface area contributed by atoms with Crippen LogP contribution in [0.5, 0.6) is 5.75 Å². The van der Waals surface area contributed by atoms with Crippen molar-refractivity contribution in [2.45, 2.75) is 65.3 Å². The minimum atomic E-state index is 0.120. The van der Waals surface area contributed by atoms with Crippen LogP contribution in [0.3, 0.4) is 0 Å². The highest BCUT2D eigenvalue weighted by Crippen LogP contribution is 2.28. The third-order valence-electron chi connectivity index (χ3n) is 6.93. The van der Waals surface area contributed by atoms with E-state index < -0.39 is 0 Å². The molecule has 0 saturated carbocycles. The lowest BCUT2D eigenvalue weighted by atomic mass is 9.98. The second kappa shape index (κ2) is 14.2. The van der Waals surface area contributed by atoms with Crippen LogP contribution in [0.25, 0.3) is 0 Å². The molecule has 0 N–H and O–H groups in total. The number of aryl methyl sites for hydroxylation is 3. The van der Waals surface area contributed by atoms with E-state index in [0.29, 0.717) is 25.1 Å². The van der Waals surface area contributed by atoms with Crippen molar-refractivity contribution in [3.05, 3.63) is 123 Å². The third kappa shape index (κ3) is 7.85. The van der Waals surface area contributed by atoms with Gasteiger partial charge in [0.25, 0.3) is 0 Å². The van der Waals surface area contributed by atoms with Crippen molar-refractivity contribution in [3.8, 4) is 5.75 Å². The Labute approximate surface area is 236 Å². The predicted octanol–water partition coefficient (Wildman–Crippen LogP) is 8.57. The smallest absolute Gasteiger partial charge is 0.165 e. The van der Waals surface area contributed by atoms with E-state index in [-0.39, 0.29) is 11.7 Å². The van der Waals surface area contributed by atoms with Crippen molar-refractivity contribution in [2.24, 2.45) is 10.3 Å². The van der Waals surface area contributed by atoms with Crippen molar-refractivity contribution >= 4 is 17.7 Å². The van der Waals surface area contributed by atoms with Gasteiger partial charge in [0.1, 0.15) is 5.69 Å².